The Morgan fingerprint density at radius 1 is 0.878 bits per heavy atom. The van der Waals surface area contributed by atoms with E-state index in [1.165, 1.54) is 0 Å². The number of aromatic nitrogens is 2. The van der Waals surface area contributed by atoms with Crippen LogP contribution in [0.3, 0.4) is 0 Å². The third kappa shape index (κ3) is 4.76. The van der Waals surface area contributed by atoms with Crippen LogP contribution < -0.4 is 5.56 Å². The average molecular weight is 567 g/mol. The maximum absolute atomic E-state index is 13.9. The summed E-state index contributed by atoms with van der Waals surface area (Å²) in [5.41, 5.74) is 3.49. The molecule has 0 bridgehead atoms. The van der Waals surface area contributed by atoms with Gasteiger partial charge in [0.15, 0.2) is 0 Å². The number of sulfonamides is 1. The van der Waals surface area contributed by atoms with Crippen LogP contribution in [0.15, 0.2) is 94.6 Å². The van der Waals surface area contributed by atoms with Gasteiger partial charge < -0.3 is 0 Å². The Hall–Kier alpha value is -3.85. The van der Waals surface area contributed by atoms with E-state index in [4.69, 9.17) is 4.98 Å². The fourth-order valence-electron chi connectivity index (χ4n) is 6.11. The number of fused-ring (bicyclic) bond motifs is 2. The Balaban J connectivity index is 1.36. The highest BCUT2D eigenvalue weighted by atomic mass is 32.2. The summed E-state index contributed by atoms with van der Waals surface area (Å²) in [4.78, 5) is 21.5. The van der Waals surface area contributed by atoms with Crippen LogP contribution in [0.1, 0.15) is 36.8 Å². The fraction of sp³-hybridized carbons (Fsp3) is 0.273. The zero-order valence-electron chi connectivity index (χ0n) is 23.8. The van der Waals surface area contributed by atoms with Crippen molar-refractivity contribution in [3.8, 4) is 5.69 Å². The molecule has 2 unspecified atom stereocenters. The quantitative estimate of drug-likeness (QED) is 0.276. The number of para-hydroxylation sites is 1. The van der Waals surface area contributed by atoms with Gasteiger partial charge in [-0.3, -0.25) is 14.3 Å². The van der Waals surface area contributed by atoms with Crippen molar-refractivity contribution < 1.29 is 8.42 Å². The first-order valence-corrected chi connectivity index (χ1v) is 15.4. The molecule has 6 rings (SSSR count). The molecule has 1 fully saturated rings. The standard InChI is InChI=1S/C33H34N4O3S/c1-22-16-17-30(23(2)20-22)37-32(34-29-14-8-7-13-28(29)33(37)38)25(4)35-18-19-36(24(3)21-35)41(39,40)31-15-9-11-26-10-5-6-12-27(26)31/h5-17,20,24-25H,18-19,21H2,1-4H3. The Morgan fingerprint density at radius 2 is 1.59 bits per heavy atom. The van der Waals surface area contributed by atoms with Gasteiger partial charge in [-0.2, -0.15) is 4.31 Å². The van der Waals surface area contributed by atoms with E-state index in [-0.39, 0.29) is 17.6 Å². The summed E-state index contributed by atoms with van der Waals surface area (Å²) in [5, 5.41) is 2.21. The van der Waals surface area contributed by atoms with Crippen molar-refractivity contribution in [1.29, 1.82) is 0 Å². The third-order valence-electron chi connectivity index (χ3n) is 8.25. The summed E-state index contributed by atoms with van der Waals surface area (Å²) in [6, 6.07) is 26.0. The van der Waals surface area contributed by atoms with Gasteiger partial charge in [-0.05, 0) is 62.9 Å². The molecule has 0 spiro atoms. The predicted molar refractivity (Wildman–Crippen MR) is 164 cm³/mol. The first-order valence-electron chi connectivity index (χ1n) is 14.0. The molecule has 0 radical (unpaired) electrons. The topological polar surface area (TPSA) is 75.5 Å². The Morgan fingerprint density at radius 3 is 2.34 bits per heavy atom. The Bertz CT molecular complexity index is 1950. The lowest BCUT2D eigenvalue weighted by molar-refractivity contribution is 0.104. The van der Waals surface area contributed by atoms with Crippen LogP contribution in [0, 0.1) is 13.8 Å². The van der Waals surface area contributed by atoms with Crippen molar-refractivity contribution >= 4 is 31.7 Å². The van der Waals surface area contributed by atoms with Gasteiger partial charge in [0.25, 0.3) is 5.56 Å². The number of piperazine rings is 1. The first-order chi connectivity index (χ1) is 19.7. The average Bonchev–Trinajstić information content (AvgIpc) is 2.97. The van der Waals surface area contributed by atoms with E-state index >= 15 is 0 Å². The van der Waals surface area contributed by atoms with Crippen LogP contribution in [-0.4, -0.2) is 52.9 Å². The molecule has 1 saturated heterocycles. The fourth-order valence-corrected chi connectivity index (χ4v) is 7.94. The van der Waals surface area contributed by atoms with Crippen molar-refractivity contribution in [1.82, 2.24) is 18.8 Å². The molecule has 7 nitrogen and oxygen atoms in total. The van der Waals surface area contributed by atoms with Gasteiger partial charge in [-0.1, -0.05) is 66.2 Å². The van der Waals surface area contributed by atoms with E-state index in [0.717, 1.165) is 27.6 Å². The van der Waals surface area contributed by atoms with Gasteiger partial charge in [0, 0.05) is 31.1 Å². The van der Waals surface area contributed by atoms with E-state index in [1.54, 1.807) is 21.0 Å². The van der Waals surface area contributed by atoms with Gasteiger partial charge in [-0.25, -0.2) is 13.4 Å². The molecule has 0 aliphatic carbocycles. The summed E-state index contributed by atoms with van der Waals surface area (Å²) in [5.74, 6) is 0.651. The molecule has 0 saturated carbocycles. The lowest BCUT2D eigenvalue weighted by atomic mass is 10.1. The van der Waals surface area contributed by atoms with Crippen LogP contribution in [0.5, 0.6) is 0 Å². The van der Waals surface area contributed by atoms with Crippen molar-refractivity contribution in [2.45, 2.75) is 44.7 Å². The largest absolute Gasteiger partial charge is 0.291 e. The van der Waals surface area contributed by atoms with Crippen molar-refractivity contribution in [2.24, 2.45) is 0 Å². The summed E-state index contributed by atoms with van der Waals surface area (Å²) in [6.45, 7) is 9.43. The SMILES string of the molecule is Cc1ccc(-n2c(C(C)N3CCN(S(=O)(=O)c4cccc5ccccc45)C(C)C3)nc3ccccc3c2=O)c(C)c1. The third-order valence-corrected chi connectivity index (χ3v) is 10.3. The number of benzene rings is 4. The molecule has 41 heavy (non-hydrogen) atoms. The molecule has 1 aromatic heterocycles. The smallest absolute Gasteiger partial charge is 0.266 e. The van der Waals surface area contributed by atoms with Crippen LogP contribution in [0.25, 0.3) is 27.4 Å². The minimum absolute atomic E-state index is 0.102. The number of nitrogens with zero attached hydrogens (tertiary/aromatic N) is 4. The molecule has 210 valence electrons. The molecule has 1 aliphatic rings. The molecular formula is C33H34N4O3S. The molecule has 2 heterocycles. The van der Waals surface area contributed by atoms with Crippen molar-refractivity contribution in [2.75, 3.05) is 19.6 Å². The first kappa shape index (κ1) is 27.3. The van der Waals surface area contributed by atoms with E-state index < -0.39 is 10.0 Å². The molecule has 1 aliphatic heterocycles. The summed E-state index contributed by atoms with van der Waals surface area (Å²) >= 11 is 0. The summed E-state index contributed by atoms with van der Waals surface area (Å²) < 4.78 is 31.2. The van der Waals surface area contributed by atoms with Gasteiger partial charge in [-0.15, -0.1) is 0 Å². The van der Waals surface area contributed by atoms with Crippen molar-refractivity contribution in [3.05, 3.63) is 112 Å². The van der Waals surface area contributed by atoms with Crippen LogP contribution in [0.4, 0.5) is 0 Å². The monoisotopic (exact) mass is 566 g/mol. The molecule has 0 N–H and O–H groups in total. The summed E-state index contributed by atoms with van der Waals surface area (Å²) in [6.07, 6.45) is 0. The van der Waals surface area contributed by atoms with Crippen LogP contribution in [-0.2, 0) is 10.0 Å². The molecule has 5 aromatic rings. The van der Waals surface area contributed by atoms with E-state index in [9.17, 15) is 13.2 Å². The predicted octanol–water partition coefficient (Wildman–Crippen LogP) is 5.61. The number of hydrogen-bond donors (Lipinski definition) is 0. The normalized spacial score (nSPS) is 17.7. The minimum atomic E-state index is -3.71. The summed E-state index contributed by atoms with van der Waals surface area (Å²) in [7, 11) is -3.71. The highest BCUT2D eigenvalue weighted by Gasteiger charge is 2.37. The maximum Gasteiger partial charge on any atom is 0.266 e. The second kappa shape index (κ2) is 10.5. The van der Waals surface area contributed by atoms with Gasteiger partial charge in [0.05, 0.1) is 27.5 Å². The lowest BCUT2D eigenvalue weighted by Gasteiger charge is -2.41. The molecule has 2 atom stereocenters. The second-order valence-electron chi connectivity index (χ2n) is 11.0. The van der Waals surface area contributed by atoms with E-state index in [1.807, 2.05) is 87.5 Å². The van der Waals surface area contributed by atoms with Gasteiger partial charge in [0.1, 0.15) is 5.82 Å². The zero-order chi connectivity index (χ0) is 28.9. The maximum atomic E-state index is 13.9. The zero-order valence-corrected chi connectivity index (χ0v) is 24.6. The Labute approximate surface area is 240 Å². The molecule has 0 amide bonds. The van der Waals surface area contributed by atoms with E-state index in [0.29, 0.717) is 41.3 Å². The molecular weight excluding hydrogens is 532 g/mol. The minimum Gasteiger partial charge on any atom is -0.291 e. The van der Waals surface area contributed by atoms with Gasteiger partial charge >= 0.3 is 0 Å². The Kier molecular flexibility index (Phi) is 7.01. The van der Waals surface area contributed by atoms with Crippen molar-refractivity contribution in [3.63, 3.8) is 0 Å². The second-order valence-corrected chi connectivity index (χ2v) is 12.9. The van der Waals surface area contributed by atoms with Crippen LogP contribution in [0.2, 0.25) is 0 Å². The molecule has 4 aromatic carbocycles. The lowest BCUT2D eigenvalue weighted by Crippen LogP contribution is -2.54. The van der Waals surface area contributed by atoms with Crippen LogP contribution >= 0.6 is 0 Å². The van der Waals surface area contributed by atoms with E-state index in [2.05, 4.69) is 17.9 Å². The number of rotatable bonds is 5. The highest BCUT2D eigenvalue weighted by molar-refractivity contribution is 7.89. The number of hydrogen-bond acceptors (Lipinski definition) is 5. The van der Waals surface area contributed by atoms with Gasteiger partial charge in [0.2, 0.25) is 10.0 Å². The molecule has 8 heteroatoms. The number of aryl methyl sites for hydroxylation is 2. The highest BCUT2D eigenvalue weighted by Crippen LogP contribution is 2.31.